The van der Waals surface area contributed by atoms with Crippen LogP contribution in [0.4, 0.5) is 0 Å². The van der Waals surface area contributed by atoms with Crippen LogP contribution in [0.2, 0.25) is 0 Å². The number of H-pyrrole nitrogens is 2. The maximum Gasteiger partial charge on any atom is 0.340 e. The van der Waals surface area contributed by atoms with E-state index in [1.54, 1.807) is 0 Å². The average Bonchev–Trinajstić information content (AvgIpc) is 3.22. The van der Waals surface area contributed by atoms with Crippen molar-refractivity contribution in [3.8, 4) is 0 Å². The lowest BCUT2D eigenvalue weighted by Crippen LogP contribution is -2.40. The fourth-order valence-electron chi connectivity index (χ4n) is 3.22. The summed E-state index contributed by atoms with van der Waals surface area (Å²) < 4.78 is 5.54. The van der Waals surface area contributed by atoms with Gasteiger partial charge in [-0.2, -0.15) is 9.47 Å². The van der Waals surface area contributed by atoms with Crippen molar-refractivity contribution < 1.29 is 4.79 Å². The van der Waals surface area contributed by atoms with Crippen molar-refractivity contribution in [2.75, 3.05) is 13.1 Å². The molecule has 1 aliphatic rings. The third-order valence-electron chi connectivity index (χ3n) is 4.45. The predicted octanol–water partition coefficient (Wildman–Crippen LogP) is 1.66. The van der Waals surface area contributed by atoms with Crippen LogP contribution in [0, 0.1) is 0 Å². The van der Waals surface area contributed by atoms with E-state index in [1.165, 1.54) is 11.5 Å². The van der Waals surface area contributed by atoms with Gasteiger partial charge in [0.2, 0.25) is 5.91 Å². The third-order valence-corrected chi connectivity index (χ3v) is 5.32. The minimum Gasteiger partial charge on any atom is -0.342 e. The third kappa shape index (κ3) is 2.84. The molecule has 0 spiro atoms. The Balaban J connectivity index is 1.48. The van der Waals surface area contributed by atoms with E-state index in [2.05, 4.69) is 19.6 Å². The van der Waals surface area contributed by atoms with Crippen molar-refractivity contribution in [1.82, 2.24) is 24.5 Å². The summed E-state index contributed by atoms with van der Waals surface area (Å²) in [6, 6.07) is 7.97. The molecular formula is C16H17N5O2S. The molecule has 1 fully saturated rings. The minimum atomic E-state index is -0.303. The van der Waals surface area contributed by atoms with Gasteiger partial charge in [-0.25, -0.2) is 9.89 Å². The van der Waals surface area contributed by atoms with E-state index in [-0.39, 0.29) is 17.5 Å². The molecular weight excluding hydrogens is 326 g/mol. The van der Waals surface area contributed by atoms with Gasteiger partial charge in [-0.3, -0.25) is 9.78 Å². The Morgan fingerprint density at radius 2 is 2.25 bits per heavy atom. The van der Waals surface area contributed by atoms with E-state index in [9.17, 15) is 9.59 Å². The van der Waals surface area contributed by atoms with Crippen LogP contribution >= 0.6 is 11.5 Å². The molecule has 0 bridgehead atoms. The van der Waals surface area contributed by atoms with Crippen LogP contribution in [-0.2, 0) is 11.2 Å². The number of amides is 1. The first-order valence-electron chi connectivity index (χ1n) is 7.96. The number of nitrogens with zero attached hydrogens (tertiary/aromatic N) is 3. The molecule has 124 valence electrons. The Labute approximate surface area is 141 Å². The normalized spacial score (nSPS) is 18.2. The Hall–Kier alpha value is -2.48. The van der Waals surface area contributed by atoms with Crippen molar-refractivity contribution >= 4 is 27.5 Å². The number of aromatic amines is 2. The number of nitrogens with one attached hydrogen (secondary N) is 2. The first kappa shape index (κ1) is 15.1. The fraction of sp³-hybridized carbons (Fsp3) is 0.375. The molecule has 1 saturated heterocycles. The summed E-state index contributed by atoms with van der Waals surface area (Å²) in [5.41, 5.74) is 0.540. The first-order chi connectivity index (χ1) is 11.7. The maximum absolute atomic E-state index is 12.7. The second kappa shape index (κ2) is 6.20. The van der Waals surface area contributed by atoms with E-state index in [4.69, 9.17) is 0 Å². The molecule has 3 aromatic rings. The molecule has 1 amide bonds. The zero-order valence-electron chi connectivity index (χ0n) is 13.0. The first-order valence-corrected chi connectivity index (χ1v) is 8.73. The van der Waals surface area contributed by atoms with Gasteiger partial charge in [-0.15, -0.1) is 0 Å². The molecule has 24 heavy (non-hydrogen) atoms. The van der Waals surface area contributed by atoms with Gasteiger partial charge in [0.15, 0.2) is 0 Å². The molecule has 8 heteroatoms. The second-order valence-electron chi connectivity index (χ2n) is 6.04. The van der Waals surface area contributed by atoms with Crippen molar-refractivity contribution in [2.45, 2.75) is 25.2 Å². The lowest BCUT2D eigenvalue weighted by Gasteiger charge is -2.31. The van der Waals surface area contributed by atoms with Crippen molar-refractivity contribution in [2.24, 2.45) is 0 Å². The highest BCUT2D eigenvalue weighted by atomic mass is 32.1. The zero-order valence-corrected chi connectivity index (χ0v) is 13.8. The monoisotopic (exact) mass is 343 g/mol. The summed E-state index contributed by atoms with van der Waals surface area (Å²) in [4.78, 5) is 28.5. The van der Waals surface area contributed by atoms with Crippen molar-refractivity contribution in [3.63, 3.8) is 0 Å². The molecule has 7 nitrogen and oxygen atoms in total. The number of piperidine rings is 1. The molecule has 1 aromatic carbocycles. The number of benzene rings is 1. The Bertz CT molecular complexity index is 928. The lowest BCUT2D eigenvalue weighted by atomic mass is 9.97. The summed E-state index contributed by atoms with van der Waals surface area (Å²) in [5.74, 6) is 0.791. The molecule has 2 aromatic heterocycles. The van der Waals surface area contributed by atoms with Gasteiger partial charge in [0, 0.05) is 24.4 Å². The van der Waals surface area contributed by atoms with Crippen LogP contribution in [0.1, 0.15) is 30.3 Å². The molecule has 0 radical (unpaired) electrons. The number of aromatic nitrogens is 4. The summed E-state index contributed by atoms with van der Waals surface area (Å²) in [5, 5.41) is 7.46. The second-order valence-corrected chi connectivity index (χ2v) is 6.85. The number of carbonyl (C=O) groups is 1. The van der Waals surface area contributed by atoms with Crippen LogP contribution in [-0.4, -0.2) is 43.5 Å². The number of fused-ring (bicyclic) bond motifs is 1. The highest BCUT2D eigenvalue weighted by Gasteiger charge is 2.27. The van der Waals surface area contributed by atoms with Gasteiger partial charge in [0.1, 0.15) is 5.82 Å². The van der Waals surface area contributed by atoms with Crippen LogP contribution in [0.15, 0.2) is 29.1 Å². The number of likely N-dealkylation sites (tertiary alicyclic amines) is 1. The highest BCUT2D eigenvalue weighted by Crippen LogP contribution is 2.26. The largest absolute Gasteiger partial charge is 0.342 e. The predicted molar refractivity (Wildman–Crippen MR) is 91.1 cm³/mol. The van der Waals surface area contributed by atoms with Gasteiger partial charge in [-0.1, -0.05) is 18.2 Å². The molecule has 0 unspecified atom stereocenters. The molecule has 1 aliphatic heterocycles. The van der Waals surface area contributed by atoms with Crippen LogP contribution in [0.25, 0.3) is 10.1 Å². The van der Waals surface area contributed by atoms with Gasteiger partial charge in [0.05, 0.1) is 16.8 Å². The summed E-state index contributed by atoms with van der Waals surface area (Å²) in [6.45, 7) is 1.33. The van der Waals surface area contributed by atoms with Gasteiger partial charge in [-0.05, 0) is 30.4 Å². The molecule has 1 atom stereocenters. The zero-order chi connectivity index (χ0) is 16.5. The standard InChI is InChI=1S/C16H17N5O2S/c22-14(8-12-11-5-1-2-6-13(11)24-20-12)21-7-3-4-10(9-21)15-17-16(23)19-18-15/h1-2,5-6,10H,3-4,7-9H2,(H2,17,18,19,23)/t10-/m1/s1. The maximum atomic E-state index is 12.7. The smallest absolute Gasteiger partial charge is 0.340 e. The number of rotatable bonds is 3. The number of carbonyl (C=O) groups excluding carboxylic acids is 1. The summed E-state index contributed by atoms with van der Waals surface area (Å²) >= 11 is 1.43. The topological polar surface area (TPSA) is 94.7 Å². The van der Waals surface area contributed by atoms with Crippen LogP contribution < -0.4 is 5.69 Å². The van der Waals surface area contributed by atoms with E-state index >= 15 is 0 Å². The van der Waals surface area contributed by atoms with E-state index in [0.29, 0.717) is 18.8 Å². The molecule has 0 aliphatic carbocycles. The van der Waals surface area contributed by atoms with Crippen LogP contribution in [0.5, 0.6) is 0 Å². The summed E-state index contributed by atoms with van der Waals surface area (Å²) in [7, 11) is 0. The minimum absolute atomic E-state index is 0.0774. The average molecular weight is 343 g/mol. The summed E-state index contributed by atoms with van der Waals surface area (Å²) in [6.07, 6.45) is 2.14. The molecule has 4 rings (SSSR count). The molecule has 2 N–H and O–H groups in total. The highest BCUT2D eigenvalue weighted by molar-refractivity contribution is 7.13. The fourth-order valence-corrected chi connectivity index (χ4v) is 4.02. The van der Waals surface area contributed by atoms with Crippen LogP contribution in [0.3, 0.4) is 0 Å². The van der Waals surface area contributed by atoms with E-state index in [1.807, 2.05) is 29.2 Å². The Morgan fingerprint density at radius 3 is 3.08 bits per heavy atom. The molecule has 0 saturated carbocycles. The van der Waals surface area contributed by atoms with Crippen molar-refractivity contribution in [1.29, 1.82) is 0 Å². The molecule has 3 heterocycles. The number of hydrogen-bond donors (Lipinski definition) is 2. The Kier molecular flexibility index (Phi) is 3.89. The van der Waals surface area contributed by atoms with Crippen molar-refractivity contribution in [3.05, 3.63) is 46.3 Å². The lowest BCUT2D eigenvalue weighted by molar-refractivity contribution is -0.131. The SMILES string of the molecule is O=C(Cc1nsc2ccccc12)N1CCC[C@@H](c2n[nH]c(=O)[nH]2)C1. The number of hydrogen-bond acceptors (Lipinski definition) is 5. The van der Waals surface area contributed by atoms with E-state index in [0.717, 1.165) is 35.2 Å². The van der Waals surface area contributed by atoms with E-state index < -0.39 is 0 Å². The van der Waals surface area contributed by atoms with Gasteiger partial charge in [0.25, 0.3) is 0 Å². The quantitative estimate of drug-likeness (QED) is 0.756. The Morgan fingerprint density at radius 1 is 1.38 bits per heavy atom. The van der Waals surface area contributed by atoms with Gasteiger partial charge >= 0.3 is 5.69 Å². The van der Waals surface area contributed by atoms with Gasteiger partial charge < -0.3 is 4.90 Å².